The highest BCUT2D eigenvalue weighted by Gasteiger charge is 1.79. The summed E-state index contributed by atoms with van der Waals surface area (Å²) in [4.78, 5) is 4.00. The molecule has 1 rings (SSSR count). The van der Waals surface area contributed by atoms with Crippen molar-refractivity contribution in [3.8, 4) is 0 Å². The van der Waals surface area contributed by atoms with Crippen molar-refractivity contribution in [2.24, 2.45) is 5.73 Å². The molecule has 0 atom stereocenters. The Hall–Kier alpha value is -1.31. The van der Waals surface area contributed by atoms with Gasteiger partial charge in [0.1, 0.15) is 0 Å². The van der Waals surface area contributed by atoms with Crippen molar-refractivity contribution >= 4 is 6.08 Å². The average molecular weight is 120 g/mol. The van der Waals surface area contributed by atoms with Crippen LogP contribution in [0.3, 0.4) is 0 Å². The van der Waals surface area contributed by atoms with Crippen molar-refractivity contribution < 1.29 is 0 Å². The minimum Gasteiger partial charge on any atom is -0.405 e. The fraction of sp³-hybridized carbons (Fsp3) is 0. The number of rotatable bonds is 1. The predicted octanol–water partition coefficient (Wildman–Crippen LogP) is 1.01. The minimum absolute atomic E-state index is 0.889. The third-order valence-corrected chi connectivity index (χ3v) is 0.955. The minimum atomic E-state index is 0.889. The Bertz CT molecular complexity index is 191. The van der Waals surface area contributed by atoms with Gasteiger partial charge in [0, 0.05) is 6.20 Å². The molecule has 1 aromatic heterocycles. The van der Waals surface area contributed by atoms with Crippen molar-refractivity contribution in [3.05, 3.63) is 36.3 Å². The van der Waals surface area contributed by atoms with E-state index in [4.69, 9.17) is 5.73 Å². The molecule has 9 heavy (non-hydrogen) atoms. The van der Waals surface area contributed by atoms with Crippen molar-refractivity contribution in [1.82, 2.24) is 4.98 Å². The van der Waals surface area contributed by atoms with Gasteiger partial charge in [0.05, 0.1) is 5.69 Å². The van der Waals surface area contributed by atoms with E-state index in [1.165, 1.54) is 6.20 Å². The zero-order valence-electron chi connectivity index (χ0n) is 4.99. The van der Waals surface area contributed by atoms with Gasteiger partial charge in [-0.1, -0.05) is 6.07 Å². The molecule has 0 radical (unpaired) electrons. The summed E-state index contributed by atoms with van der Waals surface area (Å²) < 4.78 is 0. The lowest BCUT2D eigenvalue weighted by atomic mass is 10.3. The SMILES string of the molecule is NC=Cc1ccccn1. The van der Waals surface area contributed by atoms with E-state index < -0.39 is 0 Å². The Labute approximate surface area is 54.0 Å². The molecule has 0 fully saturated rings. The maximum atomic E-state index is 5.14. The van der Waals surface area contributed by atoms with Crippen LogP contribution in [0, 0.1) is 0 Å². The molecule has 0 aliphatic rings. The van der Waals surface area contributed by atoms with Gasteiger partial charge in [-0.25, -0.2) is 0 Å². The zero-order chi connectivity index (χ0) is 6.53. The van der Waals surface area contributed by atoms with Crippen LogP contribution in [0.25, 0.3) is 6.08 Å². The van der Waals surface area contributed by atoms with Crippen LogP contribution in [0.1, 0.15) is 5.69 Å². The topological polar surface area (TPSA) is 38.9 Å². The molecule has 0 spiro atoms. The number of aromatic nitrogens is 1. The highest BCUT2D eigenvalue weighted by molar-refractivity contribution is 5.42. The van der Waals surface area contributed by atoms with E-state index in [2.05, 4.69) is 4.98 Å². The van der Waals surface area contributed by atoms with Crippen molar-refractivity contribution in [2.75, 3.05) is 0 Å². The molecule has 0 saturated heterocycles. The van der Waals surface area contributed by atoms with E-state index in [-0.39, 0.29) is 0 Å². The van der Waals surface area contributed by atoms with Crippen molar-refractivity contribution in [1.29, 1.82) is 0 Å². The quantitative estimate of drug-likeness (QED) is 0.600. The summed E-state index contributed by atoms with van der Waals surface area (Å²) in [5.41, 5.74) is 6.03. The fourth-order valence-corrected chi connectivity index (χ4v) is 0.573. The van der Waals surface area contributed by atoms with Crippen LogP contribution in [-0.2, 0) is 0 Å². The molecule has 0 amide bonds. The summed E-state index contributed by atoms with van der Waals surface area (Å²) in [6, 6.07) is 5.68. The molecule has 0 aromatic carbocycles. The van der Waals surface area contributed by atoms with E-state index in [0.29, 0.717) is 0 Å². The summed E-state index contributed by atoms with van der Waals surface area (Å²) in [6.45, 7) is 0. The Morgan fingerprint density at radius 3 is 2.89 bits per heavy atom. The molecule has 0 bridgehead atoms. The summed E-state index contributed by atoms with van der Waals surface area (Å²) in [5.74, 6) is 0. The van der Waals surface area contributed by atoms with Crippen LogP contribution >= 0.6 is 0 Å². The molecule has 2 nitrogen and oxygen atoms in total. The van der Waals surface area contributed by atoms with Crippen LogP contribution in [0.15, 0.2) is 30.6 Å². The van der Waals surface area contributed by atoms with Gasteiger partial charge in [-0.05, 0) is 24.4 Å². The zero-order valence-corrected chi connectivity index (χ0v) is 4.99. The molecule has 0 saturated carbocycles. The number of nitrogens with two attached hydrogens (primary N) is 1. The van der Waals surface area contributed by atoms with Crippen molar-refractivity contribution in [2.45, 2.75) is 0 Å². The first-order valence-electron chi connectivity index (χ1n) is 2.73. The Kier molecular flexibility index (Phi) is 1.85. The highest BCUT2D eigenvalue weighted by Crippen LogP contribution is 1.93. The lowest BCUT2D eigenvalue weighted by Gasteiger charge is -1.86. The Morgan fingerprint density at radius 2 is 2.33 bits per heavy atom. The molecule has 2 N–H and O–H groups in total. The number of pyridine rings is 1. The van der Waals surface area contributed by atoms with Gasteiger partial charge in [-0.3, -0.25) is 4.98 Å². The monoisotopic (exact) mass is 120 g/mol. The number of nitrogens with zero attached hydrogens (tertiary/aromatic N) is 1. The van der Waals surface area contributed by atoms with E-state index in [0.717, 1.165) is 5.69 Å². The molecule has 0 aliphatic heterocycles. The maximum absolute atomic E-state index is 5.14. The van der Waals surface area contributed by atoms with Crippen LogP contribution in [0.4, 0.5) is 0 Å². The average Bonchev–Trinajstić information content (AvgIpc) is 1.91. The van der Waals surface area contributed by atoms with Gasteiger partial charge in [0.25, 0.3) is 0 Å². The van der Waals surface area contributed by atoms with E-state index in [1.807, 2.05) is 18.2 Å². The smallest absolute Gasteiger partial charge is 0.0643 e. The molecule has 0 aliphatic carbocycles. The van der Waals surface area contributed by atoms with Crippen molar-refractivity contribution in [3.63, 3.8) is 0 Å². The molecule has 46 valence electrons. The number of hydrogen-bond donors (Lipinski definition) is 1. The largest absolute Gasteiger partial charge is 0.405 e. The lowest BCUT2D eigenvalue weighted by molar-refractivity contribution is 1.29. The van der Waals surface area contributed by atoms with E-state index in [9.17, 15) is 0 Å². The van der Waals surface area contributed by atoms with Gasteiger partial charge in [0.15, 0.2) is 0 Å². The molecule has 1 heterocycles. The van der Waals surface area contributed by atoms with Crippen LogP contribution < -0.4 is 5.73 Å². The van der Waals surface area contributed by atoms with Crippen LogP contribution in [0.5, 0.6) is 0 Å². The molecular weight excluding hydrogens is 112 g/mol. The molecular formula is C7H8N2. The molecule has 2 heteroatoms. The second kappa shape index (κ2) is 2.87. The van der Waals surface area contributed by atoms with Gasteiger partial charge < -0.3 is 5.73 Å². The summed E-state index contributed by atoms with van der Waals surface area (Å²) >= 11 is 0. The summed E-state index contributed by atoms with van der Waals surface area (Å²) in [6.07, 6.45) is 4.96. The highest BCUT2D eigenvalue weighted by atomic mass is 14.7. The van der Waals surface area contributed by atoms with Crippen LogP contribution in [0.2, 0.25) is 0 Å². The van der Waals surface area contributed by atoms with Gasteiger partial charge in [0.2, 0.25) is 0 Å². The third kappa shape index (κ3) is 1.57. The Morgan fingerprint density at radius 1 is 1.44 bits per heavy atom. The third-order valence-electron chi connectivity index (χ3n) is 0.955. The first-order chi connectivity index (χ1) is 4.43. The summed E-state index contributed by atoms with van der Waals surface area (Å²) in [5, 5.41) is 0. The van der Waals surface area contributed by atoms with Gasteiger partial charge in [-0.15, -0.1) is 0 Å². The second-order valence-electron chi connectivity index (χ2n) is 1.61. The fourth-order valence-electron chi connectivity index (χ4n) is 0.573. The normalized spacial score (nSPS) is 10.2. The Balaban J connectivity index is 2.85. The standard InChI is InChI=1S/C7H8N2/c8-5-4-7-3-1-2-6-9-7/h1-6H,8H2. The second-order valence-corrected chi connectivity index (χ2v) is 1.61. The van der Waals surface area contributed by atoms with E-state index in [1.54, 1.807) is 12.3 Å². The first-order valence-corrected chi connectivity index (χ1v) is 2.73. The van der Waals surface area contributed by atoms with E-state index >= 15 is 0 Å². The first kappa shape index (κ1) is 5.82. The van der Waals surface area contributed by atoms with Gasteiger partial charge >= 0.3 is 0 Å². The maximum Gasteiger partial charge on any atom is 0.0643 e. The molecule has 1 aromatic rings. The molecule has 0 unspecified atom stereocenters. The summed E-state index contributed by atoms with van der Waals surface area (Å²) in [7, 11) is 0. The van der Waals surface area contributed by atoms with Crippen LogP contribution in [-0.4, -0.2) is 4.98 Å². The predicted molar refractivity (Wildman–Crippen MR) is 37.5 cm³/mol. The van der Waals surface area contributed by atoms with Gasteiger partial charge in [-0.2, -0.15) is 0 Å². The lowest BCUT2D eigenvalue weighted by Crippen LogP contribution is -1.79. The number of hydrogen-bond acceptors (Lipinski definition) is 2.